The predicted octanol–water partition coefficient (Wildman–Crippen LogP) is 1.08. The lowest BCUT2D eigenvalue weighted by Crippen LogP contribution is -2.39. The summed E-state index contributed by atoms with van der Waals surface area (Å²) < 4.78 is 5.18. The molecule has 1 heterocycles. The van der Waals surface area contributed by atoms with E-state index in [0.717, 1.165) is 25.8 Å². The molecule has 0 aromatic heterocycles. The van der Waals surface area contributed by atoms with Crippen molar-refractivity contribution in [1.29, 1.82) is 0 Å². The van der Waals surface area contributed by atoms with Gasteiger partial charge in [-0.1, -0.05) is 6.42 Å². The minimum absolute atomic E-state index is 0.0163. The Labute approximate surface area is 97.4 Å². The van der Waals surface area contributed by atoms with Gasteiger partial charge >= 0.3 is 5.97 Å². The zero-order chi connectivity index (χ0) is 12.2. The maximum absolute atomic E-state index is 11.7. The molecule has 0 radical (unpaired) electrons. The number of ether oxygens (including phenoxy) is 1. The lowest BCUT2D eigenvalue weighted by Gasteiger charge is -2.25. The summed E-state index contributed by atoms with van der Waals surface area (Å²) in [6.07, 6.45) is 2.05. The first-order chi connectivity index (χ1) is 7.40. The van der Waals surface area contributed by atoms with Gasteiger partial charge in [0.05, 0.1) is 0 Å². The second kappa shape index (κ2) is 5.64. The van der Waals surface area contributed by atoms with E-state index in [2.05, 4.69) is 5.32 Å². The van der Waals surface area contributed by atoms with Crippen molar-refractivity contribution in [3.05, 3.63) is 0 Å². The van der Waals surface area contributed by atoms with Gasteiger partial charge in [-0.05, 0) is 40.2 Å². The van der Waals surface area contributed by atoms with Crippen LogP contribution in [0.15, 0.2) is 0 Å². The number of hydrogen-bond acceptors (Lipinski definition) is 4. The molecule has 0 saturated carbocycles. The van der Waals surface area contributed by atoms with Crippen molar-refractivity contribution in [2.45, 2.75) is 51.7 Å². The Hall–Kier alpha value is -0.610. The van der Waals surface area contributed by atoms with Crippen LogP contribution in [0.4, 0.5) is 0 Å². The maximum atomic E-state index is 11.7. The molecule has 1 rings (SSSR count). The first-order valence-electron chi connectivity index (χ1n) is 6.02. The van der Waals surface area contributed by atoms with Crippen molar-refractivity contribution in [3.8, 4) is 0 Å². The summed E-state index contributed by atoms with van der Waals surface area (Å²) in [5, 5.41) is 13.1. The average Bonchev–Trinajstić information content (AvgIpc) is 2.41. The first kappa shape index (κ1) is 13.5. The molecule has 0 spiro atoms. The third kappa shape index (κ3) is 4.49. The fraction of sp³-hybridized carbons (Fsp3) is 0.917. The van der Waals surface area contributed by atoms with E-state index in [4.69, 9.17) is 4.74 Å². The monoisotopic (exact) mass is 229 g/mol. The second-order valence-corrected chi connectivity index (χ2v) is 5.44. The number of hydrogen-bond donors (Lipinski definition) is 2. The first-order valence-corrected chi connectivity index (χ1v) is 6.02. The third-order valence-corrected chi connectivity index (χ3v) is 2.68. The second-order valence-electron chi connectivity index (χ2n) is 5.44. The van der Waals surface area contributed by atoms with E-state index in [1.807, 2.05) is 20.8 Å². The standard InChI is InChI=1S/C12H23NO3/c1-12(2,3)16-11(15)10(14)9-6-4-5-7-13-8-9/h9-10,13-14H,4-8H2,1-3H3. The Bertz CT molecular complexity index is 227. The Morgan fingerprint density at radius 1 is 1.44 bits per heavy atom. The number of rotatable bonds is 2. The summed E-state index contributed by atoms with van der Waals surface area (Å²) in [6, 6.07) is 0. The van der Waals surface area contributed by atoms with Gasteiger partial charge in [0.25, 0.3) is 0 Å². The predicted molar refractivity (Wildman–Crippen MR) is 62.1 cm³/mol. The van der Waals surface area contributed by atoms with Gasteiger partial charge in [0.2, 0.25) is 0 Å². The van der Waals surface area contributed by atoms with Crippen LogP contribution in [0.25, 0.3) is 0 Å². The topological polar surface area (TPSA) is 58.6 Å². The summed E-state index contributed by atoms with van der Waals surface area (Å²) in [5.74, 6) is -0.515. The van der Waals surface area contributed by atoms with Crippen LogP contribution in [0.5, 0.6) is 0 Å². The molecule has 4 heteroatoms. The molecule has 0 aromatic rings. The summed E-state index contributed by atoms with van der Waals surface area (Å²) in [7, 11) is 0. The molecule has 0 bridgehead atoms. The number of carbonyl (C=O) groups excluding carboxylic acids is 1. The van der Waals surface area contributed by atoms with Crippen molar-refractivity contribution < 1.29 is 14.6 Å². The van der Waals surface area contributed by atoms with Crippen molar-refractivity contribution in [1.82, 2.24) is 5.32 Å². The summed E-state index contributed by atoms with van der Waals surface area (Å²) >= 11 is 0. The molecule has 1 saturated heterocycles. The van der Waals surface area contributed by atoms with E-state index in [-0.39, 0.29) is 5.92 Å². The maximum Gasteiger partial charge on any atom is 0.335 e. The smallest absolute Gasteiger partial charge is 0.335 e. The van der Waals surface area contributed by atoms with Gasteiger partial charge in [-0.2, -0.15) is 0 Å². The largest absolute Gasteiger partial charge is 0.458 e. The van der Waals surface area contributed by atoms with Gasteiger partial charge in [0, 0.05) is 12.5 Å². The van der Waals surface area contributed by atoms with Crippen molar-refractivity contribution in [3.63, 3.8) is 0 Å². The fourth-order valence-corrected chi connectivity index (χ4v) is 1.87. The van der Waals surface area contributed by atoms with Crippen LogP contribution in [0.1, 0.15) is 40.0 Å². The number of aliphatic hydroxyl groups is 1. The van der Waals surface area contributed by atoms with Gasteiger partial charge in [0.1, 0.15) is 5.60 Å². The quantitative estimate of drug-likeness (QED) is 0.696. The highest BCUT2D eigenvalue weighted by atomic mass is 16.6. The van der Waals surface area contributed by atoms with Gasteiger partial charge in [-0.3, -0.25) is 0 Å². The Morgan fingerprint density at radius 2 is 2.12 bits per heavy atom. The van der Waals surface area contributed by atoms with Crippen LogP contribution < -0.4 is 5.32 Å². The molecule has 16 heavy (non-hydrogen) atoms. The van der Waals surface area contributed by atoms with Gasteiger partial charge in [0.15, 0.2) is 6.10 Å². The van der Waals surface area contributed by atoms with Crippen LogP contribution in [-0.4, -0.2) is 35.9 Å². The van der Waals surface area contributed by atoms with E-state index in [1.54, 1.807) is 0 Å². The lowest BCUT2D eigenvalue weighted by molar-refractivity contribution is -0.168. The average molecular weight is 229 g/mol. The van der Waals surface area contributed by atoms with Crippen molar-refractivity contribution in [2.24, 2.45) is 5.92 Å². The molecule has 0 amide bonds. The normalized spacial score (nSPS) is 24.6. The molecule has 1 fully saturated rings. The molecular formula is C12H23NO3. The SMILES string of the molecule is CC(C)(C)OC(=O)C(O)C1CCCCNC1. The van der Waals surface area contributed by atoms with Crippen LogP contribution in [0, 0.1) is 5.92 Å². The van der Waals surface area contributed by atoms with Crippen LogP contribution in [-0.2, 0) is 9.53 Å². The van der Waals surface area contributed by atoms with Gasteiger partial charge in [-0.25, -0.2) is 4.79 Å². The summed E-state index contributed by atoms with van der Waals surface area (Å²) in [6.45, 7) is 7.09. The molecule has 2 atom stereocenters. The number of aliphatic hydroxyl groups excluding tert-OH is 1. The van der Waals surface area contributed by atoms with Gasteiger partial charge < -0.3 is 15.2 Å². The minimum atomic E-state index is -0.996. The molecule has 0 aromatic carbocycles. The summed E-state index contributed by atoms with van der Waals surface area (Å²) in [4.78, 5) is 11.7. The molecule has 1 aliphatic rings. The summed E-state index contributed by atoms with van der Waals surface area (Å²) in [5.41, 5.74) is -0.532. The van der Waals surface area contributed by atoms with Crippen molar-refractivity contribution >= 4 is 5.97 Å². The van der Waals surface area contributed by atoms with Gasteiger partial charge in [-0.15, -0.1) is 0 Å². The highest BCUT2D eigenvalue weighted by Crippen LogP contribution is 2.18. The van der Waals surface area contributed by atoms with Crippen molar-refractivity contribution in [2.75, 3.05) is 13.1 Å². The molecule has 2 N–H and O–H groups in total. The Balaban J connectivity index is 2.48. The van der Waals surface area contributed by atoms with E-state index < -0.39 is 17.7 Å². The molecule has 94 valence electrons. The van der Waals surface area contributed by atoms with Crippen LogP contribution in [0.3, 0.4) is 0 Å². The zero-order valence-electron chi connectivity index (χ0n) is 10.5. The highest BCUT2D eigenvalue weighted by molar-refractivity contribution is 5.75. The molecule has 2 unspecified atom stereocenters. The highest BCUT2D eigenvalue weighted by Gasteiger charge is 2.30. The Morgan fingerprint density at radius 3 is 2.75 bits per heavy atom. The molecule has 0 aliphatic carbocycles. The molecule has 1 aliphatic heterocycles. The van der Waals surface area contributed by atoms with E-state index in [0.29, 0.717) is 6.54 Å². The third-order valence-electron chi connectivity index (χ3n) is 2.68. The number of nitrogens with one attached hydrogen (secondary N) is 1. The fourth-order valence-electron chi connectivity index (χ4n) is 1.87. The minimum Gasteiger partial charge on any atom is -0.458 e. The van der Waals surface area contributed by atoms with E-state index in [9.17, 15) is 9.90 Å². The molecular weight excluding hydrogens is 206 g/mol. The zero-order valence-corrected chi connectivity index (χ0v) is 10.5. The van der Waals surface area contributed by atoms with Crippen LogP contribution in [0.2, 0.25) is 0 Å². The Kier molecular flexibility index (Phi) is 4.74. The molecule has 4 nitrogen and oxygen atoms in total. The number of esters is 1. The van der Waals surface area contributed by atoms with E-state index >= 15 is 0 Å². The van der Waals surface area contributed by atoms with Crippen LogP contribution >= 0.6 is 0 Å². The number of carbonyl (C=O) groups is 1. The van der Waals surface area contributed by atoms with E-state index in [1.165, 1.54) is 0 Å². The lowest BCUT2D eigenvalue weighted by atomic mass is 9.97.